The van der Waals surface area contributed by atoms with Gasteiger partial charge in [0, 0.05) is 6.54 Å². The van der Waals surface area contributed by atoms with Crippen LogP contribution >= 0.6 is 0 Å². The van der Waals surface area contributed by atoms with Gasteiger partial charge >= 0.3 is 11.8 Å². The van der Waals surface area contributed by atoms with E-state index in [2.05, 4.69) is 10.6 Å². The zero-order chi connectivity index (χ0) is 10.9. The third-order valence-electron chi connectivity index (χ3n) is 3.73. The molecule has 84 valence electrons. The lowest BCUT2D eigenvalue weighted by molar-refractivity contribution is -0.143. The molecule has 2 fully saturated rings. The molecule has 0 aromatic heterocycles. The number of carbonyl (C=O) groups excluding carboxylic acids is 2. The average molecular weight is 210 g/mol. The molecule has 0 bridgehead atoms. The smallest absolute Gasteiger partial charge is 0.309 e. The first-order valence-electron chi connectivity index (χ1n) is 5.72. The predicted molar refractivity (Wildman–Crippen MR) is 56.1 cm³/mol. The van der Waals surface area contributed by atoms with E-state index in [9.17, 15) is 9.59 Å². The van der Waals surface area contributed by atoms with Gasteiger partial charge in [-0.1, -0.05) is 19.3 Å². The first-order valence-corrected chi connectivity index (χ1v) is 5.72. The summed E-state index contributed by atoms with van der Waals surface area (Å²) >= 11 is 0. The van der Waals surface area contributed by atoms with Gasteiger partial charge in [0.25, 0.3) is 0 Å². The van der Waals surface area contributed by atoms with Crippen molar-refractivity contribution >= 4 is 11.8 Å². The van der Waals surface area contributed by atoms with Crippen LogP contribution in [0.1, 0.15) is 39.0 Å². The summed E-state index contributed by atoms with van der Waals surface area (Å²) in [6, 6.07) is 0. The highest BCUT2D eigenvalue weighted by atomic mass is 16.2. The summed E-state index contributed by atoms with van der Waals surface area (Å²) in [5, 5.41) is 5.53. The van der Waals surface area contributed by atoms with Crippen LogP contribution in [0, 0.1) is 5.92 Å². The molecule has 1 unspecified atom stereocenters. The molecule has 2 aliphatic rings. The first kappa shape index (κ1) is 10.5. The van der Waals surface area contributed by atoms with Crippen LogP contribution in [0.5, 0.6) is 0 Å². The van der Waals surface area contributed by atoms with Crippen molar-refractivity contribution in [2.24, 2.45) is 5.92 Å². The highest BCUT2D eigenvalue weighted by Gasteiger charge is 2.41. The van der Waals surface area contributed by atoms with Crippen LogP contribution < -0.4 is 10.6 Å². The van der Waals surface area contributed by atoms with Gasteiger partial charge in [0.1, 0.15) is 0 Å². The predicted octanol–water partition coefficient (Wildman–Crippen LogP) is 0.571. The minimum atomic E-state index is -0.497. The Morgan fingerprint density at radius 3 is 2.40 bits per heavy atom. The molecule has 1 aliphatic heterocycles. The number of nitrogens with one attached hydrogen (secondary N) is 2. The van der Waals surface area contributed by atoms with E-state index in [1.807, 2.05) is 6.92 Å². The van der Waals surface area contributed by atoms with Crippen molar-refractivity contribution in [3.8, 4) is 0 Å². The largest absolute Gasteiger partial charge is 0.345 e. The molecule has 2 N–H and O–H groups in total. The maximum atomic E-state index is 11.3. The van der Waals surface area contributed by atoms with Gasteiger partial charge in [0.15, 0.2) is 0 Å². The van der Waals surface area contributed by atoms with Crippen LogP contribution in [0.4, 0.5) is 0 Å². The fourth-order valence-corrected chi connectivity index (χ4v) is 2.69. The van der Waals surface area contributed by atoms with Crippen LogP contribution in [0.25, 0.3) is 0 Å². The zero-order valence-electron chi connectivity index (χ0n) is 9.14. The molecular formula is C11H18N2O2. The van der Waals surface area contributed by atoms with Gasteiger partial charge in [-0.05, 0) is 25.7 Å². The molecule has 15 heavy (non-hydrogen) atoms. The molecule has 0 spiro atoms. The Hall–Kier alpha value is -1.06. The molecule has 2 rings (SSSR count). The van der Waals surface area contributed by atoms with E-state index in [0.29, 0.717) is 12.5 Å². The van der Waals surface area contributed by atoms with Crippen LogP contribution in [0.15, 0.2) is 0 Å². The summed E-state index contributed by atoms with van der Waals surface area (Å²) in [5.41, 5.74) is -0.231. The molecule has 0 aromatic rings. The average Bonchev–Trinajstić information content (AvgIpc) is 2.26. The molecule has 0 radical (unpaired) electrons. The lowest BCUT2D eigenvalue weighted by Crippen LogP contribution is -2.66. The third kappa shape index (κ3) is 1.98. The number of hydrogen-bond acceptors (Lipinski definition) is 2. The molecule has 1 heterocycles. The van der Waals surface area contributed by atoms with Crippen molar-refractivity contribution in [1.29, 1.82) is 0 Å². The third-order valence-corrected chi connectivity index (χ3v) is 3.73. The summed E-state index contributed by atoms with van der Waals surface area (Å²) in [4.78, 5) is 22.4. The maximum Gasteiger partial charge on any atom is 0.309 e. The van der Waals surface area contributed by atoms with Gasteiger partial charge in [0.2, 0.25) is 0 Å². The Balaban J connectivity index is 2.05. The highest BCUT2D eigenvalue weighted by molar-refractivity contribution is 6.35. The summed E-state index contributed by atoms with van der Waals surface area (Å²) in [5.74, 6) is -0.464. The Labute approximate surface area is 89.8 Å². The zero-order valence-corrected chi connectivity index (χ0v) is 9.14. The fourth-order valence-electron chi connectivity index (χ4n) is 2.69. The topological polar surface area (TPSA) is 58.2 Å². The summed E-state index contributed by atoms with van der Waals surface area (Å²) < 4.78 is 0. The van der Waals surface area contributed by atoms with Crippen molar-refractivity contribution in [1.82, 2.24) is 10.6 Å². The first-order chi connectivity index (χ1) is 7.12. The van der Waals surface area contributed by atoms with Gasteiger partial charge < -0.3 is 10.6 Å². The quantitative estimate of drug-likeness (QED) is 0.622. The van der Waals surface area contributed by atoms with Crippen LogP contribution in [0.3, 0.4) is 0 Å². The van der Waals surface area contributed by atoms with Gasteiger partial charge in [-0.3, -0.25) is 9.59 Å². The molecule has 1 saturated carbocycles. The second-order valence-corrected chi connectivity index (χ2v) is 4.89. The molecule has 0 aromatic carbocycles. The van der Waals surface area contributed by atoms with Crippen LogP contribution in [0.2, 0.25) is 0 Å². The van der Waals surface area contributed by atoms with Crippen molar-refractivity contribution in [3.63, 3.8) is 0 Å². The second-order valence-electron chi connectivity index (χ2n) is 4.89. The van der Waals surface area contributed by atoms with Crippen molar-refractivity contribution < 1.29 is 9.59 Å². The second kappa shape index (κ2) is 3.83. The van der Waals surface area contributed by atoms with Crippen LogP contribution in [-0.4, -0.2) is 23.9 Å². The number of carbonyl (C=O) groups is 2. The molecular weight excluding hydrogens is 192 g/mol. The number of rotatable bonds is 1. The normalized spacial score (nSPS) is 33.4. The Morgan fingerprint density at radius 1 is 1.13 bits per heavy atom. The van der Waals surface area contributed by atoms with E-state index in [-0.39, 0.29) is 5.54 Å². The van der Waals surface area contributed by atoms with Crippen molar-refractivity contribution in [3.05, 3.63) is 0 Å². The minimum Gasteiger partial charge on any atom is -0.345 e. The molecule has 1 saturated heterocycles. The number of hydrogen-bond donors (Lipinski definition) is 2. The SMILES string of the molecule is CC1(C2CCCCC2)CNC(=O)C(=O)N1. The van der Waals surface area contributed by atoms with E-state index in [1.165, 1.54) is 19.3 Å². The van der Waals surface area contributed by atoms with E-state index in [4.69, 9.17) is 0 Å². The standard InChI is InChI=1S/C11H18N2O2/c1-11(8-5-3-2-4-6-8)7-12-9(14)10(15)13-11/h8H,2-7H2,1H3,(H,12,14)(H,13,15). The molecule has 1 atom stereocenters. The van der Waals surface area contributed by atoms with Crippen LogP contribution in [-0.2, 0) is 9.59 Å². The fraction of sp³-hybridized carbons (Fsp3) is 0.818. The van der Waals surface area contributed by atoms with Gasteiger partial charge in [-0.15, -0.1) is 0 Å². The Bertz CT molecular complexity index is 284. The number of piperazine rings is 1. The monoisotopic (exact) mass is 210 g/mol. The lowest BCUT2D eigenvalue weighted by atomic mass is 9.75. The summed E-state index contributed by atoms with van der Waals surface area (Å²) in [6.07, 6.45) is 6.10. The van der Waals surface area contributed by atoms with E-state index < -0.39 is 11.8 Å². The van der Waals surface area contributed by atoms with Gasteiger partial charge in [-0.2, -0.15) is 0 Å². The lowest BCUT2D eigenvalue weighted by Gasteiger charge is -2.42. The number of amides is 2. The highest BCUT2D eigenvalue weighted by Crippen LogP contribution is 2.32. The Morgan fingerprint density at radius 2 is 1.80 bits per heavy atom. The molecule has 1 aliphatic carbocycles. The Kier molecular flexibility index (Phi) is 2.67. The van der Waals surface area contributed by atoms with Gasteiger partial charge in [0.05, 0.1) is 5.54 Å². The van der Waals surface area contributed by atoms with E-state index in [0.717, 1.165) is 12.8 Å². The van der Waals surface area contributed by atoms with Gasteiger partial charge in [-0.25, -0.2) is 0 Å². The van der Waals surface area contributed by atoms with E-state index in [1.54, 1.807) is 0 Å². The maximum absolute atomic E-state index is 11.3. The molecule has 4 heteroatoms. The summed E-state index contributed by atoms with van der Waals surface area (Å²) in [6.45, 7) is 2.61. The van der Waals surface area contributed by atoms with E-state index >= 15 is 0 Å². The summed E-state index contributed by atoms with van der Waals surface area (Å²) in [7, 11) is 0. The molecule has 2 amide bonds. The molecule has 4 nitrogen and oxygen atoms in total. The van der Waals surface area contributed by atoms with Crippen molar-refractivity contribution in [2.75, 3.05) is 6.54 Å². The minimum absolute atomic E-state index is 0.231. The van der Waals surface area contributed by atoms with Crippen molar-refractivity contribution in [2.45, 2.75) is 44.6 Å².